The summed E-state index contributed by atoms with van der Waals surface area (Å²) in [5.74, 6) is 0. The minimum absolute atomic E-state index is 0.204. The zero-order chi connectivity index (χ0) is 15.4. The van der Waals surface area contributed by atoms with Crippen LogP contribution in [0.15, 0.2) is 36.0 Å². The Morgan fingerprint density at radius 3 is 3.14 bits per heavy atom. The van der Waals surface area contributed by atoms with Crippen molar-refractivity contribution in [2.45, 2.75) is 13.0 Å². The number of nitrogens with zero attached hydrogens (tertiary/aromatic N) is 3. The number of benzene rings is 1. The molecule has 0 radical (unpaired) electrons. The number of hydrogen-bond acceptors (Lipinski definition) is 4. The first-order valence-electron chi connectivity index (χ1n) is 6.74. The normalized spacial score (nSPS) is 10.8. The van der Waals surface area contributed by atoms with Gasteiger partial charge in [0.25, 0.3) is 0 Å². The maximum absolute atomic E-state index is 11.8. The Labute approximate surface area is 136 Å². The van der Waals surface area contributed by atoms with E-state index in [2.05, 4.69) is 20.7 Å². The van der Waals surface area contributed by atoms with E-state index in [1.54, 1.807) is 10.6 Å². The third-order valence-electron chi connectivity index (χ3n) is 3.10. The molecule has 0 aliphatic heterocycles. The monoisotopic (exact) mass is 335 g/mol. The topological polar surface area (TPSA) is 71.3 Å². The molecule has 2 aromatic heterocycles. The number of aromatic nitrogens is 3. The molecule has 0 atom stereocenters. The fourth-order valence-corrected chi connectivity index (χ4v) is 3.08. The molecular formula is C14H14ClN5OS. The molecule has 0 fully saturated rings. The molecule has 0 saturated carbocycles. The number of thiazole rings is 1. The van der Waals surface area contributed by atoms with E-state index in [0.29, 0.717) is 24.5 Å². The summed E-state index contributed by atoms with van der Waals surface area (Å²) in [6.45, 7) is 0.977. The second-order valence-electron chi connectivity index (χ2n) is 4.67. The lowest BCUT2D eigenvalue weighted by Crippen LogP contribution is -2.36. The number of amides is 2. The molecular weight excluding hydrogens is 322 g/mol. The maximum Gasteiger partial charge on any atom is 0.315 e. The summed E-state index contributed by atoms with van der Waals surface area (Å²) in [6, 6.07) is 7.20. The summed E-state index contributed by atoms with van der Waals surface area (Å²) in [4.78, 5) is 16.7. The van der Waals surface area contributed by atoms with Crippen LogP contribution in [0.25, 0.3) is 4.96 Å². The highest BCUT2D eigenvalue weighted by Gasteiger charge is 2.06. The molecule has 8 heteroatoms. The SMILES string of the molecule is O=C(NCCc1csc2ncnn12)NCc1cccc(Cl)c1. The van der Waals surface area contributed by atoms with E-state index >= 15 is 0 Å². The van der Waals surface area contributed by atoms with Crippen LogP contribution in [0.3, 0.4) is 0 Å². The highest BCUT2D eigenvalue weighted by molar-refractivity contribution is 7.15. The lowest BCUT2D eigenvalue weighted by atomic mass is 10.2. The van der Waals surface area contributed by atoms with Crippen molar-refractivity contribution in [2.24, 2.45) is 0 Å². The summed E-state index contributed by atoms with van der Waals surface area (Å²) in [5, 5.41) is 12.4. The molecule has 2 heterocycles. The standard InChI is InChI=1S/C14H14ClN5OS/c15-11-3-1-2-10(6-11)7-17-13(21)16-5-4-12-8-22-14-18-9-19-20(12)14/h1-3,6,8-9H,4-5,7H2,(H2,16,17,21). The zero-order valence-corrected chi connectivity index (χ0v) is 13.2. The van der Waals surface area contributed by atoms with Crippen molar-refractivity contribution in [3.05, 3.63) is 52.3 Å². The number of halogens is 1. The van der Waals surface area contributed by atoms with Gasteiger partial charge in [-0.1, -0.05) is 23.7 Å². The van der Waals surface area contributed by atoms with Crippen molar-refractivity contribution in [3.8, 4) is 0 Å². The van der Waals surface area contributed by atoms with Gasteiger partial charge in [-0.2, -0.15) is 5.10 Å². The predicted octanol–water partition coefficient (Wildman–Crippen LogP) is 2.49. The van der Waals surface area contributed by atoms with Gasteiger partial charge in [-0.25, -0.2) is 14.3 Å². The van der Waals surface area contributed by atoms with Crippen LogP contribution in [-0.2, 0) is 13.0 Å². The zero-order valence-electron chi connectivity index (χ0n) is 11.6. The second-order valence-corrected chi connectivity index (χ2v) is 5.94. The van der Waals surface area contributed by atoms with Crippen LogP contribution in [0.1, 0.15) is 11.3 Å². The lowest BCUT2D eigenvalue weighted by Gasteiger charge is -2.07. The van der Waals surface area contributed by atoms with E-state index in [-0.39, 0.29) is 6.03 Å². The van der Waals surface area contributed by atoms with Gasteiger partial charge in [-0.05, 0) is 17.7 Å². The fourth-order valence-electron chi connectivity index (χ4n) is 2.04. The van der Waals surface area contributed by atoms with Crippen LogP contribution in [0.4, 0.5) is 4.79 Å². The Kier molecular flexibility index (Phi) is 4.55. The average molecular weight is 336 g/mol. The van der Waals surface area contributed by atoms with Crippen molar-refractivity contribution >= 4 is 33.9 Å². The molecule has 0 saturated heterocycles. The number of fused-ring (bicyclic) bond motifs is 1. The van der Waals surface area contributed by atoms with E-state index < -0.39 is 0 Å². The van der Waals surface area contributed by atoms with Crippen molar-refractivity contribution < 1.29 is 4.79 Å². The van der Waals surface area contributed by atoms with Gasteiger partial charge in [0, 0.05) is 29.9 Å². The second kappa shape index (κ2) is 6.76. The molecule has 0 bridgehead atoms. The Morgan fingerprint density at radius 1 is 1.36 bits per heavy atom. The van der Waals surface area contributed by atoms with Crippen LogP contribution in [0.2, 0.25) is 5.02 Å². The molecule has 114 valence electrons. The van der Waals surface area contributed by atoms with Gasteiger partial charge in [0.05, 0.1) is 5.69 Å². The van der Waals surface area contributed by atoms with Crippen molar-refractivity contribution in [1.82, 2.24) is 25.2 Å². The van der Waals surface area contributed by atoms with Crippen LogP contribution in [-0.4, -0.2) is 27.2 Å². The molecule has 6 nitrogen and oxygen atoms in total. The fraction of sp³-hybridized carbons (Fsp3) is 0.214. The number of carbonyl (C=O) groups excluding carboxylic acids is 1. The van der Waals surface area contributed by atoms with Crippen LogP contribution in [0, 0.1) is 0 Å². The maximum atomic E-state index is 11.8. The number of rotatable bonds is 5. The van der Waals surface area contributed by atoms with Crippen LogP contribution < -0.4 is 10.6 Å². The summed E-state index contributed by atoms with van der Waals surface area (Å²) in [7, 11) is 0. The number of carbonyl (C=O) groups is 1. The Hall–Kier alpha value is -2.12. The molecule has 1 aromatic carbocycles. The summed E-state index contributed by atoms with van der Waals surface area (Å²) in [6.07, 6.45) is 2.23. The molecule has 0 aliphatic carbocycles. The molecule has 3 rings (SSSR count). The average Bonchev–Trinajstić information content (AvgIpc) is 3.10. The first kappa shape index (κ1) is 14.8. The van der Waals surface area contributed by atoms with E-state index in [1.165, 1.54) is 17.7 Å². The van der Waals surface area contributed by atoms with Crippen LogP contribution >= 0.6 is 22.9 Å². The lowest BCUT2D eigenvalue weighted by molar-refractivity contribution is 0.240. The van der Waals surface area contributed by atoms with Crippen molar-refractivity contribution in [1.29, 1.82) is 0 Å². The molecule has 2 amide bonds. The van der Waals surface area contributed by atoms with Gasteiger partial charge in [0.15, 0.2) is 0 Å². The Bertz CT molecular complexity index is 784. The number of hydrogen-bond donors (Lipinski definition) is 2. The van der Waals surface area contributed by atoms with Gasteiger partial charge in [-0.3, -0.25) is 0 Å². The van der Waals surface area contributed by atoms with Crippen molar-refractivity contribution in [3.63, 3.8) is 0 Å². The van der Waals surface area contributed by atoms with Crippen LogP contribution in [0.5, 0.6) is 0 Å². The molecule has 2 N–H and O–H groups in total. The third kappa shape index (κ3) is 3.55. The first-order chi connectivity index (χ1) is 10.7. The van der Waals surface area contributed by atoms with E-state index in [4.69, 9.17) is 11.6 Å². The van der Waals surface area contributed by atoms with Gasteiger partial charge in [0.1, 0.15) is 6.33 Å². The smallest absolute Gasteiger partial charge is 0.315 e. The molecule has 0 unspecified atom stereocenters. The van der Waals surface area contributed by atoms with Crippen molar-refractivity contribution in [2.75, 3.05) is 6.54 Å². The van der Waals surface area contributed by atoms with Gasteiger partial charge in [0.2, 0.25) is 4.96 Å². The van der Waals surface area contributed by atoms with Gasteiger partial charge in [-0.15, -0.1) is 11.3 Å². The highest BCUT2D eigenvalue weighted by Crippen LogP contribution is 2.12. The molecule has 3 aromatic rings. The predicted molar refractivity (Wildman–Crippen MR) is 86.3 cm³/mol. The minimum atomic E-state index is -0.204. The summed E-state index contributed by atoms with van der Waals surface area (Å²) >= 11 is 7.44. The van der Waals surface area contributed by atoms with E-state index in [1.807, 2.05) is 23.6 Å². The minimum Gasteiger partial charge on any atom is -0.338 e. The van der Waals surface area contributed by atoms with Gasteiger partial charge < -0.3 is 10.6 Å². The van der Waals surface area contributed by atoms with E-state index in [9.17, 15) is 4.79 Å². The largest absolute Gasteiger partial charge is 0.338 e. The summed E-state index contributed by atoms with van der Waals surface area (Å²) < 4.78 is 1.79. The highest BCUT2D eigenvalue weighted by atomic mass is 35.5. The number of urea groups is 1. The summed E-state index contributed by atoms with van der Waals surface area (Å²) in [5.41, 5.74) is 2.00. The molecule has 0 aliphatic rings. The quantitative estimate of drug-likeness (QED) is 0.752. The Morgan fingerprint density at radius 2 is 2.27 bits per heavy atom. The Balaban J connectivity index is 1.44. The molecule has 22 heavy (non-hydrogen) atoms. The molecule has 0 spiro atoms. The number of nitrogens with one attached hydrogen (secondary N) is 2. The van der Waals surface area contributed by atoms with E-state index in [0.717, 1.165) is 16.2 Å². The first-order valence-corrected chi connectivity index (χ1v) is 8.00. The van der Waals surface area contributed by atoms with Gasteiger partial charge >= 0.3 is 6.03 Å². The third-order valence-corrected chi connectivity index (χ3v) is 4.21.